The lowest BCUT2D eigenvalue weighted by Crippen LogP contribution is -2.28. The predicted molar refractivity (Wildman–Crippen MR) is 56.0 cm³/mol. The van der Waals surface area contributed by atoms with Crippen LogP contribution < -0.4 is 5.73 Å². The van der Waals surface area contributed by atoms with Crippen LogP contribution in [0.25, 0.3) is 0 Å². The Morgan fingerprint density at radius 3 is 2.87 bits per heavy atom. The third-order valence-electron chi connectivity index (χ3n) is 2.76. The maximum absolute atomic E-state index is 11.5. The van der Waals surface area contributed by atoms with Gasteiger partial charge in [0.15, 0.2) is 0 Å². The number of likely N-dealkylation sites (tertiary alicyclic amines) is 1. The molecule has 1 fully saturated rings. The quantitative estimate of drug-likeness (QED) is 0.731. The Morgan fingerprint density at radius 1 is 1.67 bits per heavy atom. The van der Waals surface area contributed by atoms with Crippen LogP contribution in [-0.2, 0) is 18.4 Å². The molecule has 2 heterocycles. The lowest BCUT2D eigenvalue weighted by molar-refractivity contribution is -0.128. The second kappa shape index (κ2) is 3.66. The van der Waals surface area contributed by atoms with Crippen LogP contribution >= 0.6 is 0 Å². The fourth-order valence-corrected chi connectivity index (χ4v) is 1.86. The molecule has 1 amide bonds. The summed E-state index contributed by atoms with van der Waals surface area (Å²) in [6.07, 6.45) is 0.464. The maximum Gasteiger partial charge on any atom is 0.224 e. The molecule has 0 bridgehead atoms. The number of rotatable bonds is 2. The monoisotopic (exact) mass is 208 g/mol. The number of aromatic nitrogens is 2. The lowest BCUT2D eigenvalue weighted by atomic mass is 10.3. The minimum absolute atomic E-state index is 0.0118. The molecule has 1 aliphatic rings. The maximum atomic E-state index is 11.5. The number of carbonyl (C=O) groups excluding carboxylic acids is 1. The lowest BCUT2D eigenvalue weighted by Gasteiger charge is -2.13. The number of amides is 1. The summed E-state index contributed by atoms with van der Waals surface area (Å²) in [5, 5.41) is 4.32. The Bertz CT molecular complexity index is 365. The van der Waals surface area contributed by atoms with Crippen LogP contribution in [0.5, 0.6) is 0 Å². The molecule has 1 aromatic heterocycles. The van der Waals surface area contributed by atoms with Gasteiger partial charge in [-0.25, -0.2) is 0 Å². The molecule has 0 radical (unpaired) electrons. The van der Waals surface area contributed by atoms with E-state index in [1.165, 1.54) is 0 Å². The summed E-state index contributed by atoms with van der Waals surface area (Å²) in [4.78, 5) is 13.3. The van der Waals surface area contributed by atoms with Crippen molar-refractivity contribution >= 4 is 5.91 Å². The van der Waals surface area contributed by atoms with Crippen molar-refractivity contribution in [2.24, 2.45) is 12.8 Å². The van der Waals surface area contributed by atoms with E-state index in [9.17, 15) is 4.79 Å². The highest BCUT2D eigenvalue weighted by atomic mass is 16.2. The summed E-state index contributed by atoms with van der Waals surface area (Å²) in [5.41, 5.74) is 7.74. The van der Waals surface area contributed by atoms with E-state index in [2.05, 4.69) is 5.10 Å². The number of hydrogen-bond donors (Lipinski definition) is 1. The Labute approximate surface area is 88.8 Å². The van der Waals surface area contributed by atoms with Gasteiger partial charge in [-0.15, -0.1) is 0 Å². The van der Waals surface area contributed by atoms with Crippen molar-refractivity contribution in [3.05, 3.63) is 17.5 Å². The van der Waals surface area contributed by atoms with E-state index in [0.717, 1.165) is 11.4 Å². The van der Waals surface area contributed by atoms with Gasteiger partial charge in [-0.3, -0.25) is 9.48 Å². The Balaban J connectivity index is 2.06. The van der Waals surface area contributed by atoms with Gasteiger partial charge in [-0.1, -0.05) is 0 Å². The second-order valence-corrected chi connectivity index (χ2v) is 4.14. The zero-order valence-electron chi connectivity index (χ0n) is 9.10. The van der Waals surface area contributed by atoms with Crippen LogP contribution in [0.1, 0.15) is 17.8 Å². The molecule has 5 heteroatoms. The van der Waals surface area contributed by atoms with Crippen molar-refractivity contribution in [1.29, 1.82) is 0 Å². The van der Waals surface area contributed by atoms with E-state index < -0.39 is 0 Å². The highest BCUT2D eigenvalue weighted by Crippen LogP contribution is 2.13. The zero-order chi connectivity index (χ0) is 11.0. The first-order chi connectivity index (χ1) is 7.06. The van der Waals surface area contributed by atoms with Crippen LogP contribution in [0.3, 0.4) is 0 Å². The van der Waals surface area contributed by atoms with Crippen molar-refractivity contribution in [3.8, 4) is 0 Å². The number of carbonyl (C=O) groups is 1. The number of nitrogens with two attached hydrogens (primary N) is 1. The average molecular weight is 208 g/mol. The first-order valence-electron chi connectivity index (χ1n) is 5.09. The molecular formula is C10H16N4O. The fourth-order valence-electron chi connectivity index (χ4n) is 1.86. The molecule has 0 aliphatic carbocycles. The number of nitrogens with zero attached hydrogens (tertiary/aromatic N) is 3. The molecular weight excluding hydrogens is 192 g/mol. The summed E-state index contributed by atoms with van der Waals surface area (Å²) in [6, 6.07) is 1.99. The van der Waals surface area contributed by atoms with Crippen LogP contribution in [0, 0.1) is 6.92 Å². The number of hydrogen-bond acceptors (Lipinski definition) is 3. The van der Waals surface area contributed by atoms with E-state index in [1.54, 1.807) is 4.90 Å². The van der Waals surface area contributed by atoms with Crippen molar-refractivity contribution in [1.82, 2.24) is 14.7 Å². The van der Waals surface area contributed by atoms with Crippen molar-refractivity contribution in [2.75, 3.05) is 6.54 Å². The first kappa shape index (κ1) is 10.2. The van der Waals surface area contributed by atoms with Gasteiger partial charge in [-0.2, -0.15) is 5.10 Å². The molecule has 15 heavy (non-hydrogen) atoms. The van der Waals surface area contributed by atoms with E-state index >= 15 is 0 Å². The SMILES string of the molecule is Cc1cc(CN2CC(N)CC2=O)nn1C. The predicted octanol–water partition coefficient (Wildman–Crippen LogP) is -0.212. The van der Waals surface area contributed by atoms with E-state index in [-0.39, 0.29) is 11.9 Å². The second-order valence-electron chi connectivity index (χ2n) is 4.14. The average Bonchev–Trinajstić information content (AvgIpc) is 2.59. The normalized spacial score (nSPS) is 21.4. The topological polar surface area (TPSA) is 64.2 Å². The third kappa shape index (κ3) is 2.02. The van der Waals surface area contributed by atoms with Gasteiger partial charge >= 0.3 is 0 Å². The molecule has 1 saturated heterocycles. The van der Waals surface area contributed by atoms with Crippen molar-refractivity contribution < 1.29 is 4.79 Å². The highest BCUT2D eigenvalue weighted by molar-refractivity contribution is 5.79. The molecule has 1 unspecified atom stereocenters. The first-order valence-corrected chi connectivity index (χ1v) is 5.09. The van der Waals surface area contributed by atoms with Gasteiger partial charge in [0.2, 0.25) is 5.91 Å². The smallest absolute Gasteiger partial charge is 0.224 e. The van der Waals surface area contributed by atoms with E-state index in [1.807, 2.05) is 24.7 Å². The molecule has 0 spiro atoms. The van der Waals surface area contributed by atoms with Gasteiger partial charge in [-0.05, 0) is 13.0 Å². The van der Waals surface area contributed by atoms with Gasteiger partial charge in [0, 0.05) is 31.7 Å². The highest BCUT2D eigenvalue weighted by Gasteiger charge is 2.27. The summed E-state index contributed by atoms with van der Waals surface area (Å²) in [6.45, 7) is 3.22. The van der Waals surface area contributed by atoms with Crippen molar-refractivity contribution in [3.63, 3.8) is 0 Å². The van der Waals surface area contributed by atoms with Crippen LogP contribution in [0.15, 0.2) is 6.07 Å². The number of aryl methyl sites for hydroxylation is 2. The molecule has 0 saturated carbocycles. The Morgan fingerprint density at radius 2 is 2.40 bits per heavy atom. The van der Waals surface area contributed by atoms with Crippen LogP contribution in [-0.4, -0.2) is 33.2 Å². The van der Waals surface area contributed by atoms with Gasteiger partial charge in [0.05, 0.1) is 12.2 Å². The van der Waals surface area contributed by atoms with E-state index in [0.29, 0.717) is 19.5 Å². The molecule has 2 N–H and O–H groups in total. The largest absolute Gasteiger partial charge is 0.335 e. The summed E-state index contributed by atoms with van der Waals surface area (Å²) in [5.74, 6) is 0.130. The molecule has 1 aromatic rings. The van der Waals surface area contributed by atoms with Gasteiger partial charge in [0.25, 0.3) is 0 Å². The fraction of sp³-hybridized carbons (Fsp3) is 0.600. The molecule has 0 aromatic carbocycles. The summed E-state index contributed by atoms with van der Waals surface area (Å²) >= 11 is 0. The standard InChI is InChI=1S/C10H16N4O/c1-7-3-9(12-13(7)2)6-14-5-8(11)4-10(14)15/h3,8H,4-6,11H2,1-2H3. The molecule has 5 nitrogen and oxygen atoms in total. The molecule has 1 atom stereocenters. The minimum Gasteiger partial charge on any atom is -0.335 e. The summed E-state index contributed by atoms with van der Waals surface area (Å²) < 4.78 is 1.82. The Hall–Kier alpha value is -1.36. The van der Waals surface area contributed by atoms with Crippen molar-refractivity contribution in [2.45, 2.75) is 25.9 Å². The summed E-state index contributed by atoms with van der Waals surface area (Å²) in [7, 11) is 1.90. The molecule has 1 aliphatic heterocycles. The van der Waals surface area contributed by atoms with Crippen LogP contribution in [0.2, 0.25) is 0 Å². The third-order valence-corrected chi connectivity index (χ3v) is 2.76. The molecule has 82 valence electrons. The van der Waals surface area contributed by atoms with Crippen LogP contribution in [0.4, 0.5) is 0 Å². The molecule has 2 rings (SSSR count). The Kier molecular flexibility index (Phi) is 2.48. The minimum atomic E-state index is -0.0118. The van der Waals surface area contributed by atoms with Gasteiger partial charge in [0.1, 0.15) is 0 Å². The van der Waals surface area contributed by atoms with Gasteiger partial charge < -0.3 is 10.6 Å². The van der Waals surface area contributed by atoms with E-state index in [4.69, 9.17) is 5.73 Å². The zero-order valence-corrected chi connectivity index (χ0v) is 9.10.